The Balaban J connectivity index is 2.35. The molecule has 2 saturated heterocycles. The maximum absolute atomic E-state index is 10.9. The molecule has 6 heteroatoms. The van der Waals surface area contributed by atoms with E-state index in [-0.39, 0.29) is 6.67 Å². The van der Waals surface area contributed by atoms with Gasteiger partial charge in [0.15, 0.2) is 0 Å². The van der Waals surface area contributed by atoms with E-state index >= 15 is 0 Å². The fourth-order valence-electron chi connectivity index (χ4n) is 1.03. The molecule has 0 aromatic heterocycles. The number of nitrogens with one attached hydrogen (secondary N) is 3. The Morgan fingerprint density at radius 2 is 1.45 bits per heavy atom. The number of amides is 3. The molecule has 3 amide bonds. The molecule has 0 bridgehead atoms. The van der Waals surface area contributed by atoms with E-state index in [4.69, 9.17) is 0 Å². The van der Waals surface area contributed by atoms with Crippen molar-refractivity contribution in [3.8, 4) is 0 Å². The lowest BCUT2D eigenvalue weighted by atomic mass is 10.1. The second-order valence-electron chi connectivity index (χ2n) is 2.39. The van der Waals surface area contributed by atoms with Crippen LogP contribution in [0.4, 0.5) is 0 Å². The molecule has 3 N–H and O–H groups in total. The molecule has 11 heavy (non-hydrogen) atoms. The molecule has 0 aromatic carbocycles. The van der Waals surface area contributed by atoms with Crippen molar-refractivity contribution < 1.29 is 14.4 Å². The summed E-state index contributed by atoms with van der Waals surface area (Å²) < 4.78 is 0. The highest BCUT2D eigenvalue weighted by molar-refractivity contribution is 6.38. The Hall–Kier alpha value is -1.59. The first kappa shape index (κ1) is 6.14. The van der Waals surface area contributed by atoms with Crippen LogP contribution >= 0.6 is 0 Å². The molecule has 2 aliphatic heterocycles. The SMILES string of the molecule is O=C1NCNC(=O)C12NC2=O. The van der Waals surface area contributed by atoms with Crippen molar-refractivity contribution in [1.82, 2.24) is 16.0 Å². The summed E-state index contributed by atoms with van der Waals surface area (Å²) in [5, 5.41) is 6.87. The largest absolute Gasteiger partial charge is 0.336 e. The molecule has 0 atom stereocenters. The van der Waals surface area contributed by atoms with Gasteiger partial charge in [-0.15, -0.1) is 0 Å². The molecule has 6 nitrogen and oxygen atoms in total. The van der Waals surface area contributed by atoms with Gasteiger partial charge in [0.1, 0.15) is 0 Å². The highest BCUT2D eigenvalue weighted by atomic mass is 16.2. The Bertz CT molecular complexity index is 256. The van der Waals surface area contributed by atoms with Gasteiger partial charge in [0.05, 0.1) is 6.67 Å². The summed E-state index contributed by atoms with van der Waals surface area (Å²) in [6.45, 7) is 0.0916. The van der Waals surface area contributed by atoms with Crippen molar-refractivity contribution in [2.45, 2.75) is 5.54 Å². The molecule has 2 heterocycles. The molecule has 0 radical (unpaired) electrons. The van der Waals surface area contributed by atoms with Gasteiger partial charge >= 0.3 is 0 Å². The van der Waals surface area contributed by atoms with Gasteiger partial charge in [-0.05, 0) is 0 Å². The van der Waals surface area contributed by atoms with Crippen LogP contribution in [0.3, 0.4) is 0 Å². The highest BCUT2D eigenvalue weighted by Crippen LogP contribution is 2.20. The van der Waals surface area contributed by atoms with Crippen molar-refractivity contribution in [2.24, 2.45) is 0 Å². The van der Waals surface area contributed by atoms with Crippen molar-refractivity contribution in [3.63, 3.8) is 0 Å². The Morgan fingerprint density at radius 3 is 1.73 bits per heavy atom. The fraction of sp³-hybridized carbons (Fsp3) is 0.400. The van der Waals surface area contributed by atoms with Gasteiger partial charge in [0, 0.05) is 0 Å². The third-order valence-corrected chi connectivity index (χ3v) is 1.76. The Morgan fingerprint density at radius 1 is 1.00 bits per heavy atom. The lowest BCUT2D eigenvalue weighted by Gasteiger charge is -2.17. The van der Waals surface area contributed by atoms with Crippen molar-refractivity contribution >= 4 is 17.7 Å². The molecule has 1 spiro atoms. The molecule has 0 unspecified atom stereocenters. The number of hydrogen-bond acceptors (Lipinski definition) is 3. The van der Waals surface area contributed by atoms with E-state index < -0.39 is 23.3 Å². The summed E-state index contributed by atoms with van der Waals surface area (Å²) in [7, 11) is 0. The maximum atomic E-state index is 10.9. The first-order valence-electron chi connectivity index (χ1n) is 3.07. The van der Waals surface area contributed by atoms with E-state index in [9.17, 15) is 14.4 Å². The van der Waals surface area contributed by atoms with Crippen molar-refractivity contribution in [2.75, 3.05) is 6.67 Å². The zero-order valence-corrected chi connectivity index (χ0v) is 5.43. The summed E-state index contributed by atoms with van der Waals surface area (Å²) in [5.41, 5.74) is -1.59. The molecule has 2 aliphatic rings. The number of hydrogen-bond donors (Lipinski definition) is 3. The van der Waals surface area contributed by atoms with E-state index in [0.717, 1.165) is 0 Å². The molecular formula is C5H5N3O3. The second kappa shape index (κ2) is 1.52. The standard InChI is InChI=1S/C5H5N3O3/c9-2-5(4(11)8-5)3(10)7-1-6-2/h1H2,(H,6,9)(H,7,10)(H,8,11). The minimum absolute atomic E-state index is 0.0916. The minimum atomic E-state index is -1.59. The van der Waals surface area contributed by atoms with Gasteiger partial charge < -0.3 is 16.0 Å². The molecule has 58 valence electrons. The lowest BCUT2D eigenvalue weighted by Crippen LogP contribution is -2.59. The van der Waals surface area contributed by atoms with Crippen molar-refractivity contribution in [1.29, 1.82) is 0 Å². The average Bonchev–Trinajstić information content (AvgIpc) is 2.60. The van der Waals surface area contributed by atoms with Crippen LogP contribution in [0.5, 0.6) is 0 Å². The highest BCUT2D eigenvalue weighted by Gasteiger charge is 2.67. The molecular weight excluding hydrogens is 150 g/mol. The summed E-state index contributed by atoms with van der Waals surface area (Å²) in [5.74, 6) is -1.66. The zero-order chi connectivity index (χ0) is 8.06. The molecule has 0 aliphatic carbocycles. The van der Waals surface area contributed by atoms with Crippen LogP contribution in [0.1, 0.15) is 0 Å². The van der Waals surface area contributed by atoms with E-state index in [2.05, 4.69) is 16.0 Å². The minimum Gasteiger partial charge on any atom is -0.336 e. The van der Waals surface area contributed by atoms with Gasteiger partial charge in [-0.25, -0.2) is 0 Å². The van der Waals surface area contributed by atoms with E-state index in [1.807, 2.05) is 0 Å². The summed E-state index contributed by atoms with van der Waals surface area (Å²) in [6.07, 6.45) is 0. The molecule has 2 fully saturated rings. The summed E-state index contributed by atoms with van der Waals surface area (Å²) in [6, 6.07) is 0. The Labute approximate surface area is 61.3 Å². The third-order valence-electron chi connectivity index (χ3n) is 1.76. The topological polar surface area (TPSA) is 97.2 Å². The number of carbonyl (C=O) groups excluding carboxylic acids is 3. The monoisotopic (exact) mass is 155 g/mol. The second-order valence-corrected chi connectivity index (χ2v) is 2.39. The molecule has 0 aromatic rings. The predicted octanol–water partition coefficient (Wildman–Crippen LogP) is -2.94. The van der Waals surface area contributed by atoms with Crippen LogP contribution in [0.25, 0.3) is 0 Å². The summed E-state index contributed by atoms with van der Waals surface area (Å²) in [4.78, 5) is 32.5. The van der Waals surface area contributed by atoms with Gasteiger partial charge in [0.2, 0.25) is 0 Å². The number of carbonyl (C=O) groups is 3. The lowest BCUT2D eigenvalue weighted by molar-refractivity contribution is -0.137. The van der Waals surface area contributed by atoms with Crippen LogP contribution in [-0.2, 0) is 14.4 Å². The smallest absolute Gasteiger partial charge is 0.277 e. The van der Waals surface area contributed by atoms with Crippen LogP contribution in [0.2, 0.25) is 0 Å². The number of rotatable bonds is 0. The first-order valence-corrected chi connectivity index (χ1v) is 3.07. The zero-order valence-electron chi connectivity index (χ0n) is 5.43. The van der Waals surface area contributed by atoms with Gasteiger partial charge in [-0.2, -0.15) is 0 Å². The predicted molar refractivity (Wildman–Crippen MR) is 32.0 cm³/mol. The fourth-order valence-corrected chi connectivity index (χ4v) is 1.03. The molecule has 2 rings (SSSR count). The normalized spacial score (nSPS) is 25.6. The third kappa shape index (κ3) is 0.535. The summed E-state index contributed by atoms with van der Waals surface area (Å²) >= 11 is 0. The average molecular weight is 155 g/mol. The van der Waals surface area contributed by atoms with Crippen molar-refractivity contribution in [3.05, 3.63) is 0 Å². The maximum Gasteiger partial charge on any atom is 0.277 e. The van der Waals surface area contributed by atoms with Crippen LogP contribution in [0, 0.1) is 0 Å². The van der Waals surface area contributed by atoms with Gasteiger partial charge in [0.25, 0.3) is 23.3 Å². The van der Waals surface area contributed by atoms with Gasteiger partial charge in [-0.3, -0.25) is 14.4 Å². The van der Waals surface area contributed by atoms with Gasteiger partial charge in [-0.1, -0.05) is 0 Å². The molecule has 0 saturated carbocycles. The van der Waals surface area contributed by atoms with E-state index in [1.165, 1.54) is 0 Å². The quantitative estimate of drug-likeness (QED) is 0.258. The van der Waals surface area contributed by atoms with Crippen LogP contribution < -0.4 is 16.0 Å². The van der Waals surface area contributed by atoms with E-state index in [1.54, 1.807) is 0 Å². The first-order chi connectivity index (χ1) is 5.18. The van der Waals surface area contributed by atoms with Crippen LogP contribution in [0.15, 0.2) is 0 Å². The Kier molecular flexibility index (Phi) is 0.851. The van der Waals surface area contributed by atoms with Crippen LogP contribution in [-0.4, -0.2) is 29.9 Å². The van der Waals surface area contributed by atoms with E-state index in [0.29, 0.717) is 0 Å².